The number of ether oxygens (including phenoxy) is 1. The minimum atomic E-state index is 0.283. The zero-order chi connectivity index (χ0) is 14.2. The van der Waals surface area contributed by atoms with Gasteiger partial charge in [-0.25, -0.2) is 0 Å². The van der Waals surface area contributed by atoms with E-state index < -0.39 is 0 Å². The van der Waals surface area contributed by atoms with Crippen LogP contribution in [0.1, 0.15) is 39.0 Å². The number of nitrogens with two attached hydrogens (primary N) is 1. The summed E-state index contributed by atoms with van der Waals surface area (Å²) in [6, 6.07) is 1.88. The zero-order valence-corrected chi connectivity index (χ0v) is 12.2. The molecule has 112 valence electrons. The van der Waals surface area contributed by atoms with Crippen molar-refractivity contribution in [3.63, 3.8) is 0 Å². The highest BCUT2D eigenvalue weighted by Crippen LogP contribution is 2.20. The summed E-state index contributed by atoms with van der Waals surface area (Å²) >= 11 is 0. The van der Waals surface area contributed by atoms with Gasteiger partial charge in [-0.05, 0) is 19.3 Å². The van der Waals surface area contributed by atoms with Gasteiger partial charge in [-0.1, -0.05) is 19.8 Å². The first-order valence-electron chi connectivity index (χ1n) is 7.52. The molecule has 0 amide bonds. The van der Waals surface area contributed by atoms with Crippen molar-refractivity contribution in [2.75, 3.05) is 36.1 Å². The van der Waals surface area contributed by atoms with Crippen molar-refractivity contribution in [3.05, 3.63) is 6.07 Å². The Balaban J connectivity index is 1.74. The highest BCUT2D eigenvalue weighted by Gasteiger charge is 2.14. The second-order valence-corrected chi connectivity index (χ2v) is 5.13. The van der Waals surface area contributed by atoms with Crippen LogP contribution in [0.5, 0.6) is 0 Å². The molecule has 1 aromatic rings. The van der Waals surface area contributed by atoms with E-state index in [0.717, 1.165) is 31.1 Å². The highest BCUT2D eigenvalue weighted by atomic mass is 16.5. The molecular weight excluding hydrogens is 254 g/mol. The Morgan fingerprint density at radius 3 is 2.50 bits per heavy atom. The lowest BCUT2D eigenvalue weighted by molar-refractivity contribution is 0.0658. The van der Waals surface area contributed by atoms with Gasteiger partial charge < -0.3 is 21.1 Å². The molecule has 1 heterocycles. The maximum absolute atomic E-state index is 5.80. The van der Waals surface area contributed by atoms with Crippen LogP contribution in [0, 0.1) is 0 Å². The lowest BCUT2D eigenvalue weighted by atomic mass is 10.3. The average Bonchev–Trinajstić information content (AvgIpc) is 2.94. The van der Waals surface area contributed by atoms with E-state index in [1.165, 1.54) is 25.7 Å². The molecule has 1 saturated carbocycles. The van der Waals surface area contributed by atoms with Gasteiger partial charge in [0.2, 0.25) is 5.95 Å². The standard InChI is InChI=1S/C14H25N5O/c1-2-7-16-12-10-13(19-14(15)18-12)17-8-9-20-11-5-3-4-6-11/h10-11H,2-9H2,1H3,(H4,15,16,17,18,19). The van der Waals surface area contributed by atoms with Crippen molar-refractivity contribution in [1.29, 1.82) is 0 Å². The van der Waals surface area contributed by atoms with Crippen LogP contribution in [0.3, 0.4) is 0 Å². The number of nitrogen functional groups attached to an aromatic ring is 1. The van der Waals surface area contributed by atoms with Gasteiger partial charge >= 0.3 is 0 Å². The molecule has 1 aromatic heterocycles. The van der Waals surface area contributed by atoms with E-state index in [1.807, 2.05) is 6.07 Å². The van der Waals surface area contributed by atoms with Crippen molar-refractivity contribution in [1.82, 2.24) is 9.97 Å². The number of aromatic nitrogens is 2. The lowest BCUT2D eigenvalue weighted by Crippen LogP contribution is -2.16. The Hall–Kier alpha value is -1.56. The van der Waals surface area contributed by atoms with Crippen molar-refractivity contribution < 1.29 is 4.74 Å². The first kappa shape index (κ1) is 14.8. The summed E-state index contributed by atoms with van der Waals surface area (Å²) in [5.41, 5.74) is 5.70. The van der Waals surface area contributed by atoms with E-state index in [1.54, 1.807) is 0 Å². The fourth-order valence-corrected chi connectivity index (χ4v) is 2.36. The average molecular weight is 279 g/mol. The van der Waals surface area contributed by atoms with Crippen LogP contribution in [-0.4, -0.2) is 35.8 Å². The Bertz CT molecular complexity index is 407. The third-order valence-electron chi connectivity index (χ3n) is 3.36. The quantitative estimate of drug-likeness (QED) is 0.633. The van der Waals surface area contributed by atoms with Crippen LogP contribution in [0.25, 0.3) is 0 Å². The summed E-state index contributed by atoms with van der Waals surface area (Å²) in [4.78, 5) is 8.32. The minimum absolute atomic E-state index is 0.283. The van der Waals surface area contributed by atoms with Gasteiger partial charge in [0.05, 0.1) is 12.7 Å². The molecule has 0 spiro atoms. The zero-order valence-electron chi connectivity index (χ0n) is 12.2. The summed E-state index contributed by atoms with van der Waals surface area (Å²) in [6.45, 7) is 4.42. The molecule has 2 rings (SSSR count). The molecule has 4 N–H and O–H groups in total. The van der Waals surface area contributed by atoms with Crippen LogP contribution in [0.4, 0.5) is 17.6 Å². The molecule has 20 heavy (non-hydrogen) atoms. The molecule has 6 nitrogen and oxygen atoms in total. The Morgan fingerprint density at radius 1 is 1.20 bits per heavy atom. The minimum Gasteiger partial charge on any atom is -0.376 e. The van der Waals surface area contributed by atoms with Crippen molar-refractivity contribution in [3.8, 4) is 0 Å². The first-order chi connectivity index (χ1) is 9.78. The topological polar surface area (TPSA) is 85.1 Å². The third-order valence-corrected chi connectivity index (χ3v) is 3.36. The second kappa shape index (κ2) is 7.89. The maximum atomic E-state index is 5.80. The number of anilines is 3. The molecule has 1 aliphatic rings. The maximum Gasteiger partial charge on any atom is 0.223 e. The van der Waals surface area contributed by atoms with Crippen LogP contribution in [-0.2, 0) is 4.74 Å². The molecule has 0 bridgehead atoms. The van der Waals surface area contributed by atoms with E-state index >= 15 is 0 Å². The van der Waals surface area contributed by atoms with Crippen molar-refractivity contribution >= 4 is 17.6 Å². The first-order valence-corrected chi connectivity index (χ1v) is 7.52. The fraction of sp³-hybridized carbons (Fsp3) is 0.714. The fourth-order valence-electron chi connectivity index (χ4n) is 2.36. The number of rotatable bonds is 8. The van der Waals surface area contributed by atoms with E-state index in [2.05, 4.69) is 27.5 Å². The monoisotopic (exact) mass is 279 g/mol. The summed E-state index contributed by atoms with van der Waals surface area (Å²) in [5.74, 6) is 1.79. The highest BCUT2D eigenvalue weighted by molar-refractivity contribution is 5.50. The largest absolute Gasteiger partial charge is 0.376 e. The Kier molecular flexibility index (Phi) is 5.86. The number of hydrogen-bond donors (Lipinski definition) is 3. The smallest absolute Gasteiger partial charge is 0.223 e. The molecule has 0 aromatic carbocycles. The summed E-state index contributed by atoms with van der Waals surface area (Å²) in [6.07, 6.45) is 6.49. The van der Waals surface area contributed by atoms with Gasteiger partial charge in [0.1, 0.15) is 11.6 Å². The molecule has 0 atom stereocenters. The predicted molar refractivity (Wildman–Crippen MR) is 81.9 cm³/mol. The van der Waals surface area contributed by atoms with Crippen molar-refractivity contribution in [2.24, 2.45) is 0 Å². The van der Waals surface area contributed by atoms with Gasteiger partial charge in [0.25, 0.3) is 0 Å². The van der Waals surface area contributed by atoms with Crippen LogP contribution in [0.15, 0.2) is 6.07 Å². The van der Waals surface area contributed by atoms with E-state index in [-0.39, 0.29) is 5.95 Å². The molecule has 0 saturated heterocycles. The van der Waals surface area contributed by atoms with Crippen LogP contribution in [0.2, 0.25) is 0 Å². The van der Waals surface area contributed by atoms with E-state index in [9.17, 15) is 0 Å². The van der Waals surface area contributed by atoms with Gasteiger partial charge in [0, 0.05) is 19.2 Å². The van der Waals surface area contributed by atoms with E-state index in [0.29, 0.717) is 12.7 Å². The normalized spacial score (nSPS) is 15.4. The van der Waals surface area contributed by atoms with Crippen molar-refractivity contribution in [2.45, 2.75) is 45.1 Å². The second-order valence-electron chi connectivity index (χ2n) is 5.13. The van der Waals surface area contributed by atoms with Gasteiger partial charge in [-0.3, -0.25) is 0 Å². The van der Waals surface area contributed by atoms with E-state index in [4.69, 9.17) is 10.5 Å². The van der Waals surface area contributed by atoms with Gasteiger partial charge in [0.15, 0.2) is 0 Å². The SMILES string of the molecule is CCCNc1cc(NCCOC2CCCC2)nc(N)n1. The Morgan fingerprint density at radius 2 is 1.85 bits per heavy atom. The molecule has 0 aliphatic heterocycles. The molecular formula is C14H25N5O. The van der Waals surface area contributed by atoms with Gasteiger partial charge in [-0.15, -0.1) is 0 Å². The number of hydrogen-bond acceptors (Lipinski definition) is 6. The molecule has 6 heteroatoms. The molecule has 1 aliphatic carbocycles. The summed E-state index contributed by atoms with van der Waals surface area (Å²) < 4.78 is 5.80. The molecule has 0 unspecified atom stereocenters. The summed E-state index contributed by atoms with van der Waals surface area (Å²) in [5, 5.41) is 6.44. The number of nitrogens with zero attached hydrogens (tertiary/aromatic N) is 2. The summed E-state index contributed by atoms with van der Waals surface area (Å²) in [7, 11) is 0. The lowest BCUT2D eigenvalue weighted by Gasteiger charge is -2.12. The molecule has 0 radical (unpaired) electrons. The number of nitrogens with one attached hydrogen (secondary N) is 2. The predicted octanol–water partition coefficient (Wildman–Crippen LogP) is 2.25. The van der Waals surface area contributed by atoms with Gasteiger partial charge in [-0.2, -0.15) is 9.97 Å². The third kappa shape index (κ3) is 4.85. The Labute approximate surface area is 120 Å². The molecule has 1 fully saturated rings. The van der Waals surface area contributed by atoms with Crippen LogP contribution < -0.4 is 16.4 Å². The van der Waals surface area contributed by atoms with Crippen LogP contribution >= 0.6 is 0 Å².